The Balaban J connectivity index is 1.77. The monoisotopic (exact) mass is 941 g/mol. The van der Waals surface area contributed by atoms with E-state index in [-0.39, 0.29) is 25.6 Å². The zero-order valence-electron chi connectivity index (χ0n) is 40.7. The fraction of sp³-hybridized carbons (Fsp3) is 0.827. The van der Waals surface area contributed by atoms with Crippen LogP contribution in [0, 0.1) is 0 Å². The van der Waals surface area contributed by atoms with Crippen LogP contribution in [0.5, 0.6) is 0 Å². The first-order valence-corrected chi connectivity index (χ1v) is 25.7. The lowest BCUT2D eigenvalue weighted by molar-refractivity contribution is -0.332. The van der Waals surface area contributed by atoms with E-state index in [1.165, 1.54) is 64.2 Å². The molecular weight excluding hydrogens is 849 g/mol. The van der Waals surface area contributed by atoms with Gasteiger partial charge in [-0.3, -0.25) is 4.79 Å². The molecule has 7 N–H and O–H groups in total. The molecule has 0 aromatic heterocycles. The molecule has 0 bridgehead atoms. The zero-order chi connectivity index (χ0) is 48.0. The standard InChI is InChI=1S/C52H92O14/c1-3-5-7-9-11-13-15-17-18-19-20-21-22-23-25-27-29-31-33-35-44(54)64-41(38-61-36-34-32-30-28-26-24-16-14-12-10-8-6-4-2)39-62-51-50(60)48(58)46(56)43(66-51)40-63-52-49(59)47(57)45(55)42(37-53)65-52/h5,7,11,13,17-18,20-21,41-43,45-53,55-60H,3-4,6,8-10,12,14-16,19,22-40H2,1-2H3/b7-5-,13-11-,18-17-,21-20-. The quantitative estimate of drug-likeness (QED) is 0.0179. The Morgan fingerprint density at radius 1 is 0.515 bits per heavy atom. The van der Waals surface area contributed by atoms with Crippen LogP contribution in [0.4, 0.5) is 0 Å². The highest BCUT2D eigenvalue weighted by Gasteiger charge is 2.47. The van der Waals surface area contributed by atoms with Crippen LogP contribution in [0.25, 0.3) is 0 Å². The minimum Gasteiger partial charge on any atom is -0.457 e. The number of rotatable bonds is 40. The predicted molar refractivity (Wildman–Crippen MR) is 256 cm³/mol. The molecule has 11 unspecified atom stereocenters. The van der Waals surface area contributed by atoms with Crippen LogP contribution in [0.1, 0.15) is 174 Å². The normalized spacial score (nSPS) is 26.7. The molecule has 2 aliphatic rings. The lowest BCUT2D eigenvalue weighted by Crippen LogP contribution is -2.61. The van der Waals surface area contributed by atoms with E-state index >= 15 is 0 Å². The molecule has 0 aliphatic carbocycles. The fourth-order valence-electron chi connectivity index (χ4n) is 7.92. The minimum atomic E-state index is -1.71. The molecule has 0 radical (unpaired) electrons. The van der Waals surface area contributed by atoms with Gasteiger partial charge in [-0.2, -0.15) is 0 Å². The molecule has 2 rings (SSSR count). The van der Waals surface area contributed by atoms with Gasteiger partial charge in [-0.05, 0) is 51.4 Å². The molecule has 66 heavy (non-hydrogen) atoms. The Morgan fingerprint density at radius 2 is 0.985 bits per heavy atom. The van der Waals surface area contributed by atoms with Crippen molar-refractivity contribution in [1.82, 2.24) is 0 Å². The summed E-state index contributed by atoms with van der Waals surface area (Å²) >= 11 is 0. The molecule has 2 aliphatic heterocycles. The van der Waals surface area contributed by atoms with Crippen molar-refractivity contribution in [2.45, 2.75) is 242 Å². The summed E-state index contributed by atoms with van der Waals surface area (Å²) in [7, 11) is 0. The number of hydrogen-bond acceptors (Lipinski definition) is 14. The lowest BCUT2D eigenvalue weighted by Gasteiger charge is -2.42. The molecule has 384 valence electrons. The average molecular weight is 941 g/mol. The average Bonchev–Trinajstić information content (AvgIpc) is 3.31. The van der Waals surface area contributed by atoms with Crippen molar-refractivity contribution in [3.05, 3.63) is 48.6 Å². The van der Waals surface area contributed by atoms with Gasteiger partial charge in [-0.1, -0.05) is 165 Å². The maximum atomic E-state index is 13.0. The maximum Gasteiger partial charge on any atom is 0.306 e. The Labute approximate surface area is 397 Å². The van der Waals surface area contributed by atoms with E-state index in [1.807, 2.05) is 0 Å². The van der Waals surface area contributed by atoms with E-state index in [4.69, 9.17) is 28.4 Å². The maximum absolute atomic E-state index is 13.0. The lowest BCUT2D eigenvalue weighted by atomic mass is 9.98. The molecule has 0 aromatic carbocycles. The van der Waals surface area contributed by atoms with Gasteiger partial charge in [0.25, 0.3) is 0 Å². The largest absolute Gasteiger partial charge is 0.457 e. The van der Waals surface area contributed by atoms with Crippen molar-refractivity contribution in [2.24, 2.45) is 0 Å². The molecule has 0 spiro atoms. The fourth-order valence-corrected chi connectivity index (χ4v) is 7.92. The molecule has 14 heteroatoms. The third-order valence-electron chi connectivity index (χ3n) is 12.1. The summed E-state index contributed by atoms with van der Waals surface area (Å²) in [5, 5.41) is 72.1. The Hall–Kier alpha value is -2.05. The van der Waals surface area contributed by atoms with Crippen LogP contribution in [-0.4, -0.2) is 142 Å². The van der Waals surface area contributed by atoms with E-state index in [0.717, 1.165) is 83.5 Å². The first-order valence-electron chi connectivity index (χ1n) is 25.7. The highest BCUT2D eigenvalue weighted by atomic mass is 16.7. The second-order valence-electron chi connectivity index (χ2n) is 18.0. The molecule has 14 nitrogen and oxygen atoms in total. The van der Waals surface area contributed by atoms with Gasteiger partial charge >= 0.3 is 5.97 Å². The predicted octanol–water partition coefficient (Wildman–Crippen LogP) is 7.57. The van der Waals surface area contributed by atoms with E-state index in [0.29, 0.717) is 13.0 Å². The zero-order valence-corrected chi connectivity index (χ0v) is 40.7. The summed E-state index contributed by atoms with van der Waals surface area (Å²) < 4.78 is 34.3. The van der Waals surface area contributed by atoms with Gasteiger partial charge in [0, 0.05) is 13.0 Å². The first kappa shape index (κ1) is 60.1. The van der Waals surface area contributed by atoms with E-state index < -0.39 is 80.7 Å². The van der Waals surface area contributed by atoms with Crippen molar-refractivity contribution in [3.8, 4) is 0 Å². The third kappa shape index (κ3) is 27.2. The summed E-state index contributed by atoms with van der Waals surface area (Å²) in [4.78, 5) is 13.0. The van der Waals surface area contributed by atoms with Gasteiger partial charge in [-0.25, -0.2) is 0 Å². The summed E-state index contributed by atoms with van der Waals surface area (Å²) in [5.74, 6) is -0.390. The summed E-state index contributed by atoms with van der Waals surface area (Å²) in [6.07, 6.45) is 28.8. The summed E-state index contributed by atoms with van der Waals surface area (Å²) in [6.45, 7) is 3.56. The van der Waals surface area contributed by atoms with Gasteiger partial charge in [0.15, 0.2) is 12.6 Å². The van der Waals surface area contributed by atoms with Crippen molar-refractivity contribution in [2.75, 3.05) is 33.0 Å². The van der Waals surface area contributed by atoms with E-state index in [1.54, 1.807) is 0 Å². The highest BCUT2D eigenvalue weighted by Crippen LogP contribution is 2.26. The molecular formula is C52H92O14. The van der Waals surface area contributed by atoms with Gasteiger partial charge in [0.1, 0.15) is 54.9 Å². The van der Waals surface area contributed by atoms with Gasteiger partial charge < -0.3 is 64.2 Å². The van der Waals surface area contributed by atoms with E-state index in [9.17, 15) is 40.5 Å². The van der Waals surface area contributed by atoms with Crippen LogP contribution in [0.2, 0.25) is 0 Å². The number of ether oxygens (including phenoxy) is 6. The van der Waals surface area contributed by atoms with Crippen LogP contribution < -0.4 is 0 Å². The number of unbranched alkanes of at least 4 members (excludes halogenated alkanes) is 18. The summed E-state index contributed by atoms with van der Waals surface area (Å²) in [5.41, 5.74) is 0. The van der Waals surface area contributed by atoms with Crippen LogP contribution in [-0.2, 0) is 33.2 Å². The second kappa shape index (κ2) is 39.8. The molecule has 11 atom stereocenters. The third-order valence-corrected chi connectivity index (χ3v) is 12.1. The Bertz CT molecular complexity index is 1280. The van der Waals surface area contributed by atoms with E-state index in [2.05, 4.69) is 62.5 Å². The van der Waals surface area contributed by atoms with Crippen molar-refractivity contribution < 1.29 is 69.0 Å². The molecule has 2 heterocycles. The van der Waals surface area contributed by atoms with Crippen LogP contribution in [0.15, 0.2) is 48.6 Å². The molecule has 0 aromatic rings. The Morgan fingerprint density at radius 3 is 1.55 bits per heavy atom. The number of esters is 1. The van der Waals surface area contributed by atoms with Crippen molar-refractivity contribution in [1.29, 1.82) is 0 Å². The summed E-state index contributed by atoms with van der Waals surface area (Å²) in [6, 6.07) is 0. The number of carbonyl (C=O) groups is 1. The number of aliphatic hydroxyl groups excluding tert-OH is 7. The van der Waals surface area contributed by atoms with Crippen molar-refractivity contribution in [3.63, 3.8) is 0 Å². The minimum absolute atomic E-state index is 0.0565. The molecule has 0 saturated carbocycles. The second-order valence-corrected chi connectivity index (χ2v) is 18.0. The smallest absolute Gasteiger partial charge is 0.306 e. The van der Waals surface area contributed by atoms with Crippen LogP contribution >= 0.6 is 0 Å². The number of carbonyl (C=O) groups excluding carboxylic acids is 1. The SMILES string of the molecule is CC/C=C\C/C=C\C/C=C\C/C=C\CCCCCCCCC(=O)OC(COCCCCCCCCCCCCCCC)COC1OC(COC2OC(CO)C(O)C(O)C2O)C(O)C(O)C1O. The Kier molecular flexibility index (Phi) is 36.2. The molecule has 2 saturated heterocycles. The van der Waals surface area contributed by atoms with Crippen molar-refractivity contribution >= 4 is 5.97 Å². The highest BCUT2D eigenvalue weighted by molar-refractivity contribution is 5.69. The molecule has 2 fully saturated rings. The number of allylic oxidation sites excluding steroid dienone is 8. The van der Waals surface area contributed by atoms with Gasteiger partial charge in [-0.15, -0.1) is 0 Å². The van der Waals surface area contributed by atoms with Crippen LogP contribution in [0.3, 0.4) is 0 Å². The van der Waals surface area contributed by atoms with Gasteiger partial charge in [0.2, 0.25) is 0 Å². The molecule has 0 amide bonds. The van der Waals surface area contributed by atoms with Gasteiger partial charge in [0.05, 0.1) is 26.4 Å². The number of aliphatic hydroxyl groups is 7. The number of hydrogen-bond donors (Lipinski definition) is 7. The first-order chi connectivity index (χ1) is 32.1. The topological polar surface area (TPSA) is 214 Å².